The summed E-state index contributed by atoms with van der Waals surface area (Å²) in [6, 6.07) is 1.50. The number of carbonyl (C=O) groups excluding carboxylic acids is 3. The zero-order valence-corrected chi connectivity index (χ0v) is 40.5. The van der Waals surface area contributed by atoms with Crippen LogP contribution >= 0.6 is 0 Å². The standard InChI is InChI=1S/C46H63F2N5O11S2/c1-27(2)36-37-35(31-22-30(63-8)16-17-32(31)49-36)46(47,48)25-44(64-37)24-34-38(54)50-45(40(56)51-66(61,62)43(7)18-19-43)23-29(45)14-12-10-9-11-13-15-33(39(55)52(34)26-44)53(41(57)58)42(5,6)20-21-65(59,60)28(3)4/h12,14,16-17,22,27-29,33-34H,9-11,13,15,18-21,23-26H2,1-8H3,(H,50,54)(H,51,56)(H,57,58)/b14-12-/t29-,33+,34+,44+,45-/m1/s1. The zero-order chi connectivity index (χ0) is 48.6. The summed E-state index contributed by atoms with van der Waals surface area (Å²) in [5, 5.41) is 13.0. The third-order valence-corrected chi connectivity index (χ3v) is 18.8. The van der Waals surface area contributed by atoms with Crippen LogP contribution in [0.5, 0.6) is 11.5 Å². The summed E-state index contributed by atoms with van der Waals surface area (Å²) in [7, 11) is -6.42. The number of sulfonamides is 1. The number of carbonyl (C=O) groups is 4. The molecule has 3 N–H and O–H groups in total. The van der Waals surface area contributed by atoms with Crippen molar-refractivity contribution in [2.45, 2.75) is 170 Å². The fourth-order valence-corrected chi connectivity index (χ4v) is 12.4. The van der Waals surface area contributed by atoms with E-state index < -0.39 is 125 Å². The van der Waals surface area contributed by atoms with E-state index in [-0.39, 0.29) is 47.4 Å². The van der Waals surface area contributed by atoms with Crippen molar-refractivity contribution in [2.24, 2.45) is 5.92 Å². The Kier molecular flexibility index (Phi) is 12.8. The molecule has 7 rings (SSSR count). The van der Waals surface area contributed by atoms with Gasteiger partial charge in [-0.25, -0.2) is 35.4 Å². The summed E-state index contributed by atoms with van der Waals surface area (Å²) in [6.07, 6.45) is 2.97. The Morgan fingerprint density at radius 2 is 1.79 bits per heavy atom. The Morgan fingerprint density at radius 3 is 2.41 bits per heavy atom. The van der Waals surface area contributed by atoms with Gasteiger partial charge in [-0.15, -0.1) is 0 Å². The summed E-state index contributed by atoms with van der Waals surface area (Å²) in [6.45, 7) is 10.5. The van der Waals surface area contributed by atoms with Crippen molar-refractivity contribution >= 4 is 54.6 Å². The van der Waals surface area contributed by atoms with E-state index in [0.717, 1.165) is 9.80 Å². The van der Waals surface area contributed by atoms with E-state index in [1.165, 1.54) is 47.8 Å². The van der Waals surface area contributed by atoms with Gasteiger partial charge in [0.05, 0.1) is 52.6 Å². The Bertz CT molecular complexity index is 2560. The molecule has 66 heavy (non-hydrogen) atoms. The molecule has 0 bridgehead atoms. The van der Waals surface area contributed by atoms with Gasteiger partial charge in [-0.1, -0.05) is 38.8 Å². The van der Waals surface area contributed by atoms with Crippen molar-refractivity contribution < 1.29 is 59.4 Å². The number of carboxylic acid groups (broad SMARTS) is 1. The summed E-state index contributed by atoms with van der Waals surface area (Å²) >= 11 is 0. The molecule has 4 heterocycles. The number of hydrogen-bond acceptors (Lipinski definition) is 11. The van der Waals surface area contributed by atoms with Gasteiger partial charge in [0, 0.05) is 23.3 Å². The fraction of sp³-hybridized carbons (Fsp3) is 0.674. The predicted octanol–water partition coefficient (Wildman–Crippen LogP) is 6.32. The van der Waals surface area contributed by atoms with Gasteiger partial charge in [0.15, 0.2) is 15.6 Å². The first-order valence-corrected chi connectivity index (χ1v) is 26.0. The van der Waals surface area contributed by atoms with Gasteiger partial charge in [0.1, 0.15) is 29.0 Å². The van der Waals surface area contributed by atoms with Gasteiger partial charge in [0.25, 0.3) is 11.8 Å². The lowest BCUT2D eigenvalue weighted by Gasteiger charge is -2.43. The maximum atomic E-state index is 17.3. The maximum absolute atomic E-state index is 17.3. The number of pyridine rings is 1. The Balaban J connectivity index is 1.34. The van der Waals surface area contributed by atoms with Crippen LogP contribution in [0.15, 0.2) is 30.4 Å². The predicted molar refractivity (Wildman–Crippen MR) is 242 cm³/mol. The number of sulfone groups is 1. The van der Waals surface area contributed by atoms with Crippen LogP contribution in [0.1, 0.15) is 136 Å². The van der Waals surface area contributed by atoms with Crippen molar-refractivity contribution in [1.82, 2.24) is 24.8 Å². The fourth-order valence-electron chi connectivity index (χ4n) is 9.81. The molecule has 1 spiro atoms. The number of allylic oxidation sites excluding steroid dienone is 1. The van der Waals surface area contributed by atoms with Crippen LogP contribution in [0.4, 0.5) is 13.6 Å². The van der Waals surface area contributed by atoms with E-state index in [1.807, 2.05) is 6.08 Å². The normalized spacial score (nSPS) is 28.0. The Morgan fingerprint density at radius 1 is 1.09 bits per heavy atom. The van der Waals surface area contributed by atoms with E-state index in [1.54, 1.807) is 32.1 Å². The quantitative estimate of drug-likeness (QED) is 0.211. The molecule has 1 saturated heterocycles. The van der Waals surface area contributed by atoms with Crippen LogP contribution in [0.25, 0.3) is 10.9 Å². The molecule has 364 valence electrons. The van der Waals surface area contributed by atoms with Gasteiger partial charge in [0.2, 0.25) is 21.8 Å². The number of alkyl halides is 2. The highest BCUT2D eigenvalue weighted by Gasteiger charge is 2.65. The van der Waals surface area contributed by atoms with Crippen molar-refractivity contribution in [3.05, 3.63) is 41.6 Å². The molecule has 2 aliphatic carbocycles. The van der Waals surface area contributed by atoms with Crippen LogP contribution < -0.4 is 19.5 Å². The van der Waals surface area contributed by atoms with Gasteiger partial charge in [-0.05, 0) is 104 Å². The van der Waals surface area contributed by atoms with Gasteiger partial charge < -0.3 is 24.8 Å². The molecule has 1 aromatic carbocycles. The highest BCUT2D eigenvalue weighted by Crippen LogP contribution is 2.56. The zero-order valence-electron chi connectivity index (χ0n) is 38.9. The molecular formula is C46H63F2N5O11S2. The number of methoxy groups -OCH3 is 1. The second-order valence-electron chi connectivity index (χ2n) is 20.5. The van der Waals surface area contributed by atoms with Gasteiger partial charge >= 0.3 is 6.09 Å². The number of benzene rings is 1. The smallest absolute Gasteiger partial charge is 0.408 e. The second-order valence-corrected chi connectivity index (χ2v) is 25.3. The molecule has 0 radical (unpaired) electrons. The average molecular weight is 964 g/mol. The number of hydrogen-bond donors (Lipinski definition) is 3. The largest absolute Gasteiger partial charge is 0.497 e. The maximum Gasteiger partial charge on any atom is 0.408 e. The number of amides is 4. The monoisotopic (exact) mass is 963 g/mol. The van der Waals surface area contributed by atoms with E-state index in [4.69, 9.17) is 14.5 Å². The SMILES string of the molecule is COc1ccc2nc(C(C)C)c3c(c2c1)C(F)(F)C[C@]1(C[C@H]2C(=O)N[C@]4(C(=O)NS(=O)(=O)C5(C)CC5)C[C@H]4/C=C\CCCCC[C@H](N(C(=O)O)C(C)(C)CCS(=O)(=O)C(C)C)C(=O)N2C1)O3. The van der Waals surface area contributed by atoms with E-state index >= 15 is 18.4 Å². The first-order chi connectivity index (χ1) is 30.6. The minimum Gasteiger partial charge on any atom is -0.497 e. The Hall–Kier alpha value is -4.59. The minimum atomic E-state index is -4.16. The summed E-state index contributed by atoms with van der Waals surface area (Å²) in [5.41, 5.74) is -5.13. The lowest BCUT2D eigenvalue weighted by atomic mass is 9.83. The molecule has 0 unspecified atom stereocenters. The van der Waals surface area contributed by atoms with Crippen molar-refractivity contribution in [3.8, 4) is 11.5 Å². The van der Waals surface area contributed by atoms with Crippen molar-refractivity contribution in [3.63, 3.8) is 0 Å². The van der Waals surface area contributed by atoms with Crippen molar-refractivity contribution in [1.29, 1.82) is 0 Å². The molecule has 3 fully saturated rings. The summed E-state index contributed by atoms with van der Waals surface area (Å²) in [4.78, 5) is 64.8. The van der Waals surface area contributed by atoms with Crippen LogP contribution in [-0.4, -0.2) is 119 Å². The van der Waals surface area contributed by atoms with Crippen LogP contribution in [-0.2, 0) is 40.2 Å². The van der Waals surface area contributed by atoms with Gasteiger partial charge in [-0.2, -0.15) is 0 Å². The van der Waals surface area contributed by atoms with E-state index in [9.17, 15) is 31.5 Å². The minimum absolute atomic E-state index is 0.0178. The lowest BCUT2D eigenvalue weighted by molar-refractivity contribution is -0.145. The summed E-state index contributed by atoms with van der Waals surface area (Å²) in [5.74, 6) is -7.81. The topological polar surface area (TPSA) is 219 Å². The third-order valence-electron chi connectivity index (χ3n) is 14.4. The summed E-state index contributed by atoms with van der Waals surface area (Å²) < 4.78 is 100. The van der Waals surface area contributed by atoms with E-state index in [0.29, 0.717) is 44.3 Å². The third kappa shape index (κ3) is 9.08. The second kappa shape index (κ2) is 17.2. The number of aromatic nitrogens is 1. The number of nitrogens with zero attached hydrogens (tertiary/aromatic N) is 3. The molecule has 3 aliphatic heterocycles. The molecule has 16 nitrogen and oxygen atoms in total. The molecule has 5 atom stereocenters. The number of halogens is 2. The molecule has 2 aromatic rings. The number of ether oxygens (including phenoxy) is 2. The van der Waals surface area contributed by atoms with Crippen LogP contribution in [0.2, 0.25) is 0 Å². The molecule has 1 aromatic heterocycles. The highest BCUT2D eigenvalue weighted by molar-refractivity contribution is 7.92. The molecule has 4 amide bonds. The molecule has 5 aliphatic rings. The van der Waals surface area contributed by atoms with E-state index in [2.05, 4.69) is 10.0 Å². The average Bonchev–Trinajstić information content (AvgIpc) is 4.12. The van der Waals surface area contributed by atoms with Crippen LogP contribution in [0.3, 0.4) is 0 Å². The van der Waals surface area contributed by atoms with Crippen LogP contribution in [0, 0.1) is 5.92 Å². The number of fused-ring (bicyclic) bond motifs is 5. The first kappa shape index (κ1) is 49.3. The Labute approximate surface area is 385 Å². The molecule has 2 saturated carbocycles. The molecule has 20 heteroatoms. The van der Waals surface area contributed by atoms with Gasteiger partial charge in [-0.3, -0.25) is 24.0 Å². The first-order valence-electron chi connectivity index (χ1n) is 22.8. The molecular weight excluding hydrogens is 901 g/mol. The number of nitrogens with one attached hydrogen (secondary N) is 2. The highest BCUT2D eigenvalue weighted by atomic mass is 32.2. The number of rotatable bonds is 11. The lowest BCUT2D eigenvalue weighted by Crippen LogP contribution is -2.61. The van der Waals surface area contributed by atoms with Crippen molar-refractivity contribution in [2.75, 3.05) is 19.4 Å².